The van der Waals surface area contributed by atoms with Crippen molar-refractivity contribution in [2.45, 2.75) is 32.1 Å². The number of rotatable bonds is 5. The summed E-state index contributed by atoms with van der Waals surface area (Å²) in [6, 6.07) is 8.15. The zero-order valence-electron chi connectivity index (χ0n) is 12.8. The van der Waals surface area contributed by atoms with Crippen LogP contribution in [0.4, 0.5) is 5.69 Å². The predicted octanol–water partition coefficient (Wildman–Crippen LogP) is 3.66. The van der Waals surface area contributed by atoms with Crippen LogP contribution in [0.3, 0.4) is 0 Å². The molecule has 22 heavy (non-hydrogen) atoms. The monoisotopic (exact) mass is 337 g/mol. The van der Waals surface area contributed by atoms with Gasteiger partial charge in [0.1, 0.15) is 0 Å². The summed E-state index contributed by atoms with van der Waals surface area (Å²) in [4.78, 5) is 14.4. The molecule has 4 nitrogen and oxygen atoms in total. The molecule has 2 rings (SSSR count). The standard InChI is InChI=1S/C16H19NO3S2/c1-4-14-11(3)10-15(21-14)16(18)17-12-6-8-13(9-7-12)22(19,20)5-2/h6-10H,4-5H2,1-3H3,(H,17,18). The van der Waals surface area contributed by atoms with E-state index in [1.54, 1.807) is 19.1 Å². The first-order valence-electron chi connectivity index (χ1n) is 7.10. The number of carbonyl (C=O) groups excluding carboxylic acids is 1. The molecule has 0 unspecified atom stereocenters. The van der Waals surface area contributed by atoms with E-state index in [9.17, 15) is 13.2 Å². The molecular formula is C16H19NO3S2. The Morgan fingerprint density at radius 1 is 1.18 bits per heavy atom. The third kappa shape index (κ3) is 3.56. The molecule has 1 N–H and O–H groups in total. The summed E-state index contributed by atoms with van der Waals surface area (Å²) in [6.45, 7) is 5.67. The average Bonchev–Trinajstić information content (AvgIpc) is 2.89. The Kier molecular flexibility index (Phi) is 5.03. The van der Waals surface area contributed by atoms with Gasteiger partial charge in [0.05, 0.1) is 15.5 Å². The number of hydrogen-bond acceptors (Lipinski definition) is 4. The molecule has 1 heterocycles. The lowest BCUT2D eigenvalue weighted by molar-refractivity contribution is 0.103. The summed E-state index contributed by atoms with van der Waals surface area (Å²) >= 11 is 1.49. The summed E-state index contributed by atoms with van der Waals surface area (Å²) < 4.78 is 23.5. The largest absolute Gasteiger partial charge is 0.321 e. The van der Waals surface area contributed by atoms with E-state index in [2.05, 4.69) is 12.2 Å². The van der Waals surface area contributed by atoms with Crippen molar-refractivity contribution in [3.05, 3.63) is 45.6 Å². The first-order valence-corrected chi connectivity index (χ1v) is 9.57. The summed E-state index contributed by atoms with van der Waals surface area (Å²) in [5.41, 5.74) is 1.71. The maximum atomic E-state index is 12.2. The van der Waals surface area contributed by atoms with E-state index in [4.69, 9.17) is 0 Å². The predicted molar refractivity (Wildman–Crippen MR) is 90.6 cm³/mol. The highest BCUT2D eigenvalue weighted by Gasteiger charge is 2.14. The van der Waals surface area contributed by atoms with Gasteiger partial charge in [0.15, 0.2) is 9.84 Å². The van der Waals surface area contributed by atoms with Crippen LogP contribution in [0.2, 0.25) is 0 Å². The van der Waals surface area contributed by atoms with Gasteiger partial charge in [0.25, 0.3) is 5.91 Å². The highest BCUT2D eigenvalue weighted by molar-refractivity contribution is 7.91. The van der Waals surface area contributed by atoms with E-state index < -0.39 is 9.84 Å². The van der Waals surface area contributed by atoms with Crippen LogP contribution in [0.25, 0.3) is 0 Å². The molecule has 0 aliphatic heterocycles. The minimum atomic E-state index is -3.21. The van der Waals surface area contributed by atoms with Gasteiger partial charge in [-0.2, -0.15) is 0 Å². The average molecular weight is 337 g/mol. The highest BCUT2D eigenvalue weighted by Crippen LogP contribution is 2.23. The van der Waals surface area contributed by atoms with Gasteiger partial charge in [-0.3, -0.25) is 4.79 Å². The number of anilines is 1. The number of benzene rings is 1. The van der Waals surface area contributed by atoms with Crippen molar-refractivity contribution in [1.29, 1.82) is 0 Å². The Bertz CT molecular complexity index is 774. The Morgan fingerprint density at radius 3 is 2.32 bits per heavy atom. The zero-order valence-corrected chi connectivity index (χ0v) is 14.5. The molecule has 0 saturated heterocycles. The number of sulfone groups is 1. The normalized spacial score (nSPS) is 11.4. The SMILES string of the molecule is CCc1sc(C(=O)Nc2ccc(S(=O)(=O)CC)cc2)cc1C. The van der Waals surface area contributed by atoms with Gasteiger partial charge in [0.2, 0.25) is 0 Å². The van der Waals surface area contributed by atoms with Crippen molar-refractivity contribution in [2.24, 2.45) is 0 Å². The lowest BCUT2D eigenvalue weighted by atomic mass is 10.2. The fraction of sp³-hybridized carbons (Fsp3) is 0.312. The maximum absolute atomic E-state index is 12.2. The maximum Gasteiger partial charge on any atom is 0.265 e. The van der Waals surface area contributed by atoms with E-state index in [0.717, 1.165) is 12.0 Å². The minimum absolute atomic E-state index is 0.0625. The smallest absolute Gasteiger partial charge is 0.265 e. The van der Waals surface area contributed by atoms with Crippen LogP contribution in [-0.2, 0) is 16.3 Å². The van der Waals surface area contributed by atoms with Crippen molar-refractivity contribution >= 4 is 32.8 Å². The number of thiophene rings is 1. The first kappa shape index (κ1) is 16.7. The van der Waals surface area contributed by atoms with Crippen LogP contribution in [0, 0.1) is 6.92 Å². The van der Waals surface area contributed by atoms with Gasteiger partial charge < -0.3 is 5.32 Å². The summed E-state index contributed by atoms with van der Waals surface area (Å²) in [7, 11) is -3.21. The highest BCUT2D eigenvalue weighted by atomic mass is 32.2. The third-order valence-corrected chi connectivity index (χ3v) is 6.55. The number of amides is 1. The van der Waals surface area contributed by atoms with Gasteiger partial charge in [-0.25, -0.2) is 8.42 Å². The summed E-state index contributed by atoms with van der Waals surface area (Å²) in [6.07, 6.45) is 0.910. The molecule has 0 radical (unpaired) electrons. The van der Waals surface area contributed by atoms with Gasteiger partial charge in [-0.05, 0) is 49.2 Å². The van der Waals surface area contributed by atoms with E-state index >= 15 is 0 Å². The van der Waals surface area contributed by atoms with Crippen molar-refractivity contribution in [3.8, 4) is 0 Å². The lowest BCUT2D eigenvalue weighted by Gasteiger charge is -2.05. The molecule has 0 bridgehead atoms. The Morgan fingerprint density at radius 2 is 1.82 bits per heavy atom. The van der Waals surface area contributed by atoms with Crippen molar-refractivity contribution in [1.82, 2.24) is 0 Å². The molecule has 0 spiro atoms. The molecule has 1 aromatic heterocycles. The Labute approximate surface area is 135 Å². The van der Waals surface area contributed by atoms with Crippen LogP contribution in [0.15, 0.2) is 35.2 Å². The van der Waals surface area contributed by atoms with Crippen LogP contribution in [0.5, 0.6) is 0 Å². The van der Waals surface area contributed by atoms with Crippen molar-refractivity contribution < 1.29 is 13.2 Å². The van der Waals surface area contributed by atoms with Crippen LogP contribution in [0.1, 0.15) is 34.0 Å². The van der Waals surface area contributed by atoms with E-state index in [1.165, 1.54) is 28.3 Å². The number of hydrogen-bond donors (Lipinski definition) is 1. The Hall–Kier alpha value is -1.66. The number of nitrogens with one attached hydrogen (secondary N) is 1. The topological polar surface area (TPSA) is 63.2 Å². The summed E-state index contributed by atoms with van der Waals surface area (Å²) in [5.74, 6) is -0.105. The van der Waals surface area contributed by atoms with Crippen LogP contribution in [-0.4, -0.2) is 20.1 Å². The molecule has 0 fully saturated rings. The molecule has 0 saturated carbocycles. The van der Waals surface area contributed by atoms with E-state index in [-0.39, 0.29) is 16.6 Å². The molecule has 0 atom stereocenters. The minimum Gasteiger partial charge on any atom is -0.321 e. The molecular weight excluding hydrogens is 318 g/mol. The lowest BCUT2D eigenvalue weighted by Crippen LogP contribution is -2.10. The van der Waals surface area contributed by atoms with Gasteiger partial charge in [-0.15, -0.1) is 11.3 Å². The van der Waals surface area contributed by atoms with Gasteiger partial charge in [0, 0.05) is 10.6 Å². The second-order valence-corrected chi connectivity index (χ2v) is 8.37. The van der Waals surface area contributed by atoms with Gasteiger partial charge >= 0.3 is 0 Å². The van der Waals surface area contributed by atoms with E-state index in [1.807, 2.05) is 13.0 Å². The Balaban J connectivity index is 2.15. The van der Waals surface area contributed by atoms with Crippen molar-refractivity contribution in [2.75, 3.05) is 11.1 Å². The van der Waals surface area contributed by atoms with Crippen molar-refractivity contribution in [3.63, 3.8) is 0 Å². The fourth-order valence-electron chi connectivity index (χ4n) is 2.09. The fourth-order valence-corrected chi connectivity index (χ4v) is 3.98. The molecule has 0 aliphatic rings. The zero-order chi connectivity index (χ0) is 16.3. The van der Waals surface area contributed by atoms with Crippen LogP contribution >= 0.6 is 11.3 Å². The molecule has 0 aliphatic carbocycles. The molecule has 2 aromatic rings. The third-order valence-electron chi connectivity index (χ3n) is 3.42. The molecule has 1 aromatic carbocycles. The van der Waals surface area contributed by atoms with Gasteiger partial charge in [-0.1, -0.05) is 13.8 Å². The number of aryl methyl sites for hydroxylation is 2. The number of carbonyl (C=O) groups is 1. The second kappa shape index (κ2) is 6.62. The molecule has 1 amide bonds. The second-order valence-electron chi connectivity index (χ2n) is 4.95. The molecule has 118 valence electrons. The van der Waals surface area contributed by atoms with Crippen LogP contribution < -0.4 is 5.32 Å². The molecule has 6 heteroatoms. The first-order chi connectivity index (χ1) is 10.4. The quantitative estimate of drug-likeness (QED) is 0.905. The summed E-state index contributed by atoms with van der Waals surface area (Å²) in [5, 5.41) is 2.80. The van der Waals surface area contributed by atoms with E-state index in [0.29, 0.717) is 10.6 Å².